The van der Waals surface area contributed by atoms with Crippen LogP contribution in [-0.2, 0) is 19.0 Å². The Morgan fingerprint density at radius 1 is 0.967 bits per heavy atom. The predicted octanol–water partition coefficient (Wildman–Crippen LogP) is 4.03. The van der Waals surface area contributed by atoms with E-state index in [1.165, 1.54) is 6.07 Å². The fourth-order valence-corrected chi connectivity index (χ4v) is 3.31. The highest BCUT2D eigenvalue weighted by atomic mass is 19.4. The highest BCUT2D eigenvalue weighted by Gasteiger charge is 2.35. The second kappa shape index (κ2) is 10.8. The van der Waals surface area contributed by atoms with Gasteiger partial charge in [-0.3, -0.25) is 0 Å². The highest BCUT2D eigenvalue weighted by Crippen LogP contribution is 2.37. The van der Waals surface area contributed by atoms with Gasteiger partial charge in [-0.25, -0.2) is 0 Å². The van der Waals surface area contributed by atoms with Gasteiger partial charge in [0, 0.05) is 12.1 Å². The first-order chi connectivity index (χ1) is 14.2. The molecule has 0 saturated carbocycles. The molecule has 0 heterocycles. The average molecular weight is 425 g/mol. The first kappa shape index (κ1) is 24.2. The number of benzene rings is 2. The minimum Gasteiger partial charge on any atom is -0.493 e. The number of nitrogens with two attached hydrogens (primary N) is 1. The molecule has 2 aromatic rings. The smallest absolute Gasteiger partial charge is 0.419 e. The van der Waals surface area contributed by atoms with Gasteiger partial charge in [0.05, 0.1) is 18.8 Å². The zero-order valence-corrected chi connectivity index (χ0v) is 17.2. The average Bonchev–Trinajstić information content (AvgIpc) is 2.70. The Balaban J connectivity index is 2.01. The number of alkyl halides is 3. The molecular weight excluding hydrogens is 395 g/mol. The van der Waals surface area contributed by atoms with Crippen molar-refractivity contribution in [3.05, 3.63) is 64.7 Å². The Bertz CT molecular complexity index is 811. The molecule has 166 valence electrons. The van der Waals surface area contributed by atoms with E-state index in [0.29, 0.717) is 12.0 Å². The van der Waals surface area contributed by atoms with Gasteiger partial charge in [0.15, 0.2) is 0 Å². The molecule has 4 nitrogen and oxygen atoms in total. The summed E-state index contributed by atoms with van der Waals surface area (Å²) >= 11 is 0. The molecule has 7 heteroatoms. The van der Waals surface area contributed by atoms with E-state index in [1.807, 2.05) is 25.1 Å². The molecule has 4 N–H and O–H groups in total. The van der Waals surface area contributed by atoms with Crippen molar-refractivity contribution in [1.82, 2.24) is 0 Å². The Labute approximate surface area is 175 Å². The number of aryl methyl sites for hydroxylation is 3. The SMILES string of the molecule is Cc1cccc(CCCOc2ccc(CCC(N)(CO)CCO)cc2C(F)(F)F)c1. The first-order valence-corrected chi connectivity index (χ1v) is 10.1. The lowest BCUT2D eigenvalue weighted by atomic mass is 9.89. The molecule has 0 bridgehead atoms. The molecule has 1 unspecified atom stereocenters. The minimum atomic E-state index is -4.54. The van der Waals surface area contributed by atoms with E-state index in [1.54, 1.807) is 6.07 Å². The Kier molecular flexibility index (Phi) is 8.70. The molecule has 0 aromatic heterocycles. The Morgan fingerprint density at radius 2 is 1.70 bits per heavy atom. The largest absolute Gasteiger partial charge is 0.493 e. The number of aliphatic hydroxyl groups excluding tert-OH is 2. The van der Waals surface area contributed by atoms with E-state index in [0.717, 1.165) is 23.6 Å². The van der Waals surface area contributed by atoms with Crippen molar-refractivity contribution >= 4 is 0 Å². The third-order valence-corrected chi connectivity index (χ3v) is 5.14. The summed E-state index contributed by atoms with van der Waals surface area (Å²) in [6, 6.07) is 12.0. The van der Waals surface area contributed by atoms with Gasteiger partial charge in [0.1, 0.15) is 5.75 Å². The van der Waals surface area contributed by atoms with E-state index >= 15 is 0 Å². The normalized spacial score (nSPS) is 13.8. The second-order valence-corrected chi connectivity index (χ2v) is 7.76. The number of hydrogen-bond acceptors (Lipinski definition) is 4. The molecule has 0 saturated heterocycles. The third-order valence-electron chi connectivity index (χ3n) is 5.14. The quantitative estimate of drug-likeness (QED) is 0.475. The van der Waals surface area contributed by atoms with Crippen LogP contribution in [0.3, 0.4) is 0 Å². The van der Waals surface area contributed by atoms with Crippen LogP contribution >= 0.6 is 0 Å². The minimum absolute atomic E-state index is 0.178. The number of halogens is 3. The lowest BCUT2D eigenvalue weighted by Gasteiger charge is -2.26. The van der Waals surface area contributed by atoms with Crippen LogP contribution in [0.15, 0.2) is 42.5 Å². The van der Waals surface area contributed by atoms with Crippen molar-refractivity contribution in [3.63, 3.8) is 0 Å². The molecule has 0 aliphatic rings. The van der Waals surface area contributed by atoms with Gasteiger partial charge in [0.25, 0.3) is 0 Å². The molecule has 2 rings (SSSR count). The van der Waals surface area contributed by atoms with Crippen LogP contribution in [0.1, 0.15) is 41.5 Å². The fraction of sp³-hybridized carbons (Fsp3) is 0.478. The van der Waals surface area contributed by atoms with Crippen molar-refractivity contribution in [2.24, 2.45) is 5.73 Å². The summed E-state index contributed by atoms with van der Waals surface area (Å²) in [5.41, 5.74) is 6.88. The van der Waals surface area contributed by atoms with Crippen molar-refractivity contribution in [1.29, 1.82) is 0 Å². The molecular formula is C23H30F3NO3. The molecule has 0 spiro atoms. The van der Waals surface area contributed by atoms with Crippen molar-refractivity contribution in [3.8, 4) is 5.75 Å². The van der Waals surface area contributed by atoms with Crippen LogP contribution in [0.4, 0.5) is 13.2 Å². The van der Waals surface area contributed by atoms with Gasteiger partial charge in [0.2, 0.25) is 0 Å². The van der Waals surface area contributed by atoms with Crippen LogP contribution in [0.5, 0.6) is 5.75 Å². The number of rotatable bonds is 11. The molecule has 0 amide bonds. The summed E-state index contributed by atoms with van der Waals surface area (Å²) in [5, 5.41) is 18.5. The summed E-state index contributed by atoms with van der Waals surface area (Å²) in [5.74, 6) is -0.188. The molecule has 30 heavy (non-hydrogen) atoms. The molecule has 0 fully saturated rings. The third kappa shape index (κ3) is 7.31. The lowest BCUT2D eigenvalue weighted by Crippen LogP contribution is -2.44. The number of hydrogen-bond donors (Lipinski definition) is 3. The van der Waals surface area contributed by atoms with Crippen LogP contribution in [0.2, 0.25) is 0 Å². The van der Waals surface area contributed by atoms with E-state index in [-0.39, 0.29) is 44.8 Å². The summed E-state index contributed by atoms with van der Waals surface area (Å²) in [7, 11) is 0. The maximum atomic E-state index is 13.5. The van der Waals surface area contributed by atoms with Crippen molar-refractivity contribution in [2.75, 3.05) is 19.8 Å². The Morgan fingerprint density at radius 3 is 2.33 bits per heavy atom. The van der Waals surface area contributed by atoms with Gasteiger partial charge in [-0.2, -0.15) is 13.2 Å². The van der Waals surface area contributed by atoms with E-state index in [9.17, 15) is 18.3 Å². The number of ether oxygens (including phenoxy) is 1. The van der Waals surface area contributed by atoms with Crippen LogP contribution in [0, 0.1) is 6.92 Å². The summed E-state index contributed by atoms with van der Waals surface area (Å²) in [6.45, 7) is 1.64. The molecule has 0 aliphatic carbocycles. The zero-order chi connectivity index (χ0) is 22.2. The van der Waals surface area contributed by atoms with Crippen LogP contribution < -0.4 is 10.5 Å². The predicted molar refractivity (Wildman–Crippen MR) is 110 cm³/mol. The first-order valence-electron chi connectivity index (χ1n) is 10.1. The topological polar surface area (TPSA) is 75.7 Å². The van der Waals surface area contributed by atoms with Gasteiger partial charge < -0.3 is 20.7 Å². The Hall–Kier alpha value is -2.09. The maximum absolute atomic E-state index is 13.5. The second-order valence-electron chi connectivity index (χ2n) is 7.76. The van der Waals surface area contributed by atoms with Crippen LogP contribution in [0.25, 0.3) is 0 Å². The molecule has 1 atom stereocenters. The van der Waals surface area contributed by atoms with Gasteiger partial charge >= 0.3 is 6.18 Å². The van der Waals surface area contributed by atoms with Crippen molar-refractivity contribution < 1.29 is 28.1 Å². The van der Waals surface area contributed by atoms with Crippen LogP contribution in [-0.4, -0.2) is 35.6 Å². The number of aliphatic hydroxyl groups is 2. The van der Waals surface area contributed by atoms with Gasteiger partial charge in [-0.05, 0) is 62.3 Å². The standard InChI is InChI=1S/C23H30F3NO3/c1-17-4-2-5-18(14-17)6-3-13-30-21-8-7-19(15-20(21)23(24,25)26)9-10-22(27,16-29)11-12-28/h2,4-5,7-8,14-15,28-29H,3,6,9-13,16,27H2,1H3. The zero-order valence-electron chi connectivity index (χ0n) is 17.2. The van der Waals surface area contributed by atoms with Gasteiger partial charge in [-0.15, -0.1) is 0 Å². The van der Waals surface area contributed by atoms with E-state index in [4.69, 9.17) is 15.6 Å². The summed E-state index contributed by atoms with van der Waals surface area (Å²) in [6.07, 6.45) is -2.51. The lowest BCUT2D eigenvalue weighted by molar-refractivity contribution is -0.139. The maximum Gasteiger partial charge on any atom is 0.419 e. The molecule has 2 aromatic carbocycles. The van der Waals surface area contributed by atoms with E-state index < -0.39 is 17.3 Å². The summed E-state index contributed by atoms with van der Waals surface area (Å²) in [4.78, 5) is 0. The van der Waals surface area contributed by atoms with Crippen molar-refractivity contribution in [2.45, 2.75) is 50.7 Å². The summed E-state index contributed by atoms with van der Waals surface area (Å²) < 4.78 is 46.0. The molecule has 0 radical (unpaired) electrons. The van der Waals surface area contributed by atoms with E-state index in [2.05, 4.69) is 6.07 Å². The fourth-order valence-electron chi connectivity index (χ4n) is 3.31. The monoisotopic (exact) mass is 425 g/mol. The van der Waals surface area contributed by atoms with Gasteiger partial charge in [-0.1, -0.05) is 35.9 Å². The highest BCUT2D eigenvalue weighted by molar-refractivity contribution is 5.39. The molecule has 0 aliphatic heterocycles.